The van der Waals surface area contributed by atoms with Gasteiger partial charge in [0.15, 0.2) is 5.69 Å². The Bertz CT molecular complexity index is 792. The van der Waals surface area contributed by atoms with E-state index in [4.69, 9.17) is 0 Å². The second kappa shape index (κ2) is 6.66. The van der Waals surface area contributed by atoms with E-state index in [9.17, 15) is 4.79 Å². The summed E-state index contributed by atoms with van der Waals surface area (Å²) in [6.07, 6.45) is 6.66. The number of piperidine rings is 1. The first-order chi connectivity index (χ1) is 12.1. The first kappa shape index (κ1) is 16.4. The molecular formula is C21H27N3O. The van der Waals surface area contributed by atoms with E-state index in [0.717, 1.165) is 38.8 Å². The minimum atomic E-state index is 0.136. The Morgan fingerprint density at radius 1 is 1.16 bits per heavy atom. The van der Waals surface area contributed by atoms with Gasteiger partial charge in [-0.2, -0.15) is 5.10 Å². The van der Waals surface area contributed by atoms with E-state index in [1.807, 2.05) is 16.6 Å². The van der Waals surface area contributed by atoms with Crippen molar-refractivity contribution in [2.45, 2.75) is 51.4 Å². The van der Waals surface area contributed by atoms with Gasteiger partial charge in [0.25, 0.3) is 5.91 Å². The lowest BCUT2D eigenvalue weighted by atomic mass is 9.87. The molecule has 1 aromatic heterocycles. The smallest absolute Gasteiger partial charge is 0.274 e. The third-order valence-corrected chi connectivity index (χ3v) is 5.90. The van der Waals surface area contributed by atoms with E-state index in [0.29, 0.717) is 11.6 Å². The predicted molar refractivity (Wildman–Crippen MR) is 98.9 cm³/mol. The third-order valence-electron chi connectivity index (χ3n) is 5.90. The second-order valence-electron chi connectivity index (χ2n) is 7.55. The first-order valence-corrected chi connectivity index (χ1v) is 9.54. The fourth-order valence-corrected chi connectivity index (χ4v) is 4.55. The van der Waals surface area contributed by atoms with E-state index in [2.05, 4.69) is 36.3 Å². The lowest BCUT2D eigenvalue weighted by Gasteiger charge is -2.33. The Morgan fingerprint density at radius 3 is 2.80 bits per heavy atom. The number of hydrogen-bond acceptors (Lipinski definition) is 2. The van der Waals surface area contributed by atoms with Gasteiger partial charge in [-0.15, -0.1) is 0 Å². The highest BCUT2D eigenvalue weighted by molar-refractivity contribution is 5.94. The molecular weight excluding hydrogens is 310 g/mol. The van der Waals surface area contributed by atoms with Crippen LogP contribution in [0.25, 0.3) is 0 Å². The zero-order valence-electron chi connectivity index (χ0n) is 15.3. The van der Waals surface area contributed by atoms with E-state index in [1.165, 1.54) is 35.2 Å². The van der Waals surface area contributed by atoms with Crippen LogP contribution < -0.4 is 0 Å². The zero-order chi connectivity index (χ0) is 17.4. The van der Waals surface area contributed by atoms with Crippen molar-refractivity contribution in [1.29, 1.82) is 0 Å². The number of nitrogens with zero attached hydrogens (tertiary/aromatic N) is 3. The van der Waals surface area contributed by atoms with Crippen molar-refractivity contribution in [3.05, 3.63) is 52.3 Å². The normalized spacial score (nSPS) is 20.4. The van der Waals surface area contributed by atoms with Gasteiger partial charge in [0.2, 0.25) is 0 Å². The summed E-state index contributed by atoms with van der Waals surface area (Å²) in [6, 6.07) is 8.59. The lowest BCUT2D eigenvalue weighted by molar-refractivity contribution is 0.0699. The molecule has 0 spiro atoms. The van der Waals surface area contributed by atoms with Crippen LogP contribution in [0.5, 0.6) is 0 Å². The van der Waals surface area contributed by atoms with Gasteiger partial charge in [-0.25, -0.2) is 0 Å². The SMILES string of the molecule is Cc1ccccc1[C@@H]1CCCN(C(=O)c2nn(C)c3c2CCCC3)C1. The molecule has 0 N–H and O–H groups in total. The average molecular weight is 337 g/mol. The molecule has 2 aromatic rings. The summed E-state index contributed by atoms with van der Waals surface area (Å²) < 4.78 is 1.94. The van der Waals surface area contributed by atoms with Crippen molar-refractivity contribution in [3.63, 3.8) is 0 Å². The number of carbonyl (C=O) groups is 1. The van der Waals surface area contributed by atoms with Crippen LogP contribution in [0.15, 0.2) is 24.3 Å². The van der Waals surface area contributed by atoms with E-state index < -0.39 is 0 Å². The van der Waals surface area contributed by atoms with Crippen LogP contribution in [0.2, 0.25) is 0 Å². The highest BCUT2D eigenvalue weighted by Crippen LogP contribution is 2.31. The van der Waals surface area contributed by atoms with Gasteiger partial charge < -0.3 is 4.90 Å². The van der Waals surface area contributed by atoms with E-state index in [1.54, 1.807) is 0 Å². The fraction of sp³-hybridized carbons (Fsp3) is 0.524. The van der Waals surface area contributed by atoms with Crippen LogP contribution in [0.3, 0.4) is 0 Å². The van der Waals surface area contributed by atoms with Gasteiger partial charge in [0.1, 0.15) is 0 Å². The van der Waals surface area contributed by atoms with Crippen LogP contribution in [-0.4, -0.2) is 33.7 Å². The molecule has 1 amide bonds. The summed E-state index contributed by atoms with van der Waals surface area (Å²) in [5.74, 6) is 0.579. The van der Waals surface area contributed by atoms with E-state index >= 15 is 0 Å². The Kier molecular flexibility index (Phi) is 4.36. The molecule has 1 saturated heterocycles. The Morgan fingerprint density at radius 2 is 1.96 bits per heavy atom. The molecule has 0 unspecified atom stereocenters. The number of aromatic nitrogens is 2. The van der Waals surface area contributed by atoms with Gasteiger partial charge in [-0.3, -0.25) is 9.48 Å². The number of amides is 1. The fourth-order valence-electron chi connectivity index (χ4n) is 4.55. The molecule has 2 aliphatic rings. The minimum absolute atomic E-state index is 0.136. The van der Waals surface area contributed by atoms with Crippen molar-refractivity contribution in [2.75, 3.05) is 13.1 Å². The number of benzene rings is 1. The predicted octanol–water partition coefficient (Wildman–Crippen LogP) is 3.63. The number of rotatable bonds is 2. The molecule has 0 saturated carbocycles. The molecule has 25 heavy (non-hydrogen) atoms. The molecule has 0 radical (unpaired) electrons. The molecule has 0 bridgehead atoms. The maximum atomic E-state index is 13.2. The maximum Gasteiger partial charge on any atom is 0.274 e. The number of fused-ring (bicyclic) bond motifs is 1. The second-order valence-corrected chi connectivity index (χ2v) is 7.55. The maximum absolute atomic E-state index is 13.2. The highest BCUT2D eigenvalue weighted by atomic mass is 16.2. The standard InChI is InChI=1S/C21H27N3O/c1-15-8-3-4-10-17(15)16-9-7-13-24(14-16)21(25)20-18-11-5-6-12-19(18)23(2)22-20/h3-4,8,10,16H,5-7,9,11-14H2,1-2H3/t16-/m1/s1. The third kappa shape index (κ3) is 2.99. The van der Waals surface area contributed by atoms with Gasteiger partial charge in [-0.05, 0) is 56.6 Å². The number of likely N-dealkylation sites (tertiary alicyclic amines) is 1. The molecule has 1 aliphatic heterocycles. The van der Waals surface area contributed by atoms with Crippen LogP contribution in [-0.2, 0) is 19.9 Å². The molecule has 2 heterocycles. The first-order valence-electron chi connectivity index (χ1n) is 9.54. The zero-order valence-corrected chi connectivity index (χ0v) is 15.3. The number of hydrogen-bond donors (Lipinski definition) is 0. The lowest BCUT2D eigenvalue weighted by Crippen LogP contribution is -2.39. The van der Waals surface area contributed by atoms with Gasteiger partial charge in [0.05, 0.1) is 0 Å². The Hall–Kier alpha value is -2.10. The van der Waals surface area contributed by atoms with Crippen molar-refractivity contribution < 1.29 is 4.79 Å². The highest BCUT2D eigenvalue weighted by Gasteiger charge is 2.31. The number of aryl methyl sites for hydroxylation is 2. The van der Waals surface area contributed by atoms with Crippen LogP contribution in [0.4, 0.5) is 0 Å². The molecule has 1 fully saturated rings. The van der Waals surface area contributed by atoms with Crippen LogP contribution in [0, 0.1) is 6.92 Å². The molecule has 4 nitrogen and oxygen atoms in total. The van der Waals surface area contributed by atoms with Gasteiger partial charge in [0, 0.05) is 37.3 Å². The summed E-state index contributed by atoms with van der Waals surface area (Å²) >= 11 is 0. The summed E-state index contributed by atoms with van der Waals surface area (Å²) in [7, 11) is 1.98. The molecule has 1 aromatic carbocycles. The van der Waals surface area contributed by atoms with Gasteiger partial charge >= 0.3 is 0 Å². The van der Waals surface area contributed by atoms with Crippen molar-refractivity contribution in [3.8, 4) is 0 Å². The van der Waals surface area contributed by atoms with Crippen molar-refractivity contribution in [1.82, 2.24) is 14.7 Å². The Labute approximate surface area is 149 Å². The summed E-state index contributed by atoms with van der Waals surface area (Å²) in [4.78, 5) is 15.2. The van der Waals surface area contributed by atoms with Gasteiger partial charge in [-0.1, -0.05) is 24.3 Å². The van der Waals surface area contributed by atoms with E-state index in [-0.39, 0.29) is 5.91 Å². The molecule has 4 heteroatoms. The van der Waals surface area contributed by atoms with Crippen LogP contribution >= 0.6 is 0 Å². The largest absolute Gasteiger partial charge is 0.337 e. The molecule has 4 rings (SSSR count). The molecule has 1 atom stereocenters. The summed E-state index contributed by atoms with van der Waals surface area (Å²) in [6.45, 7) is 3.84. The quantitative estimate of drug-likeness (QED) is 0.839. The van der Waals surface area contributed by atoms with Crippen molar-refractivity contribution in [2.24, 2.45) is 7.05 Å². The molecule has 1 aliphatic carbocycles. The van der Waals surface area contributed by atoms with Crippen LogP contribution in [0.1, 0.15) is 64.5 Å². The molecule has 132 valence electrons. The monoisotopic (exact) mass is 337 g/mol. The number of carbonyl (C=O) groups excluding carboxylic acids is 1. The minimum Gasteiger partial charge on any atom is -0.337 e. The average Bonchev–Trinajstić information content (AvgIpc) is 2.99. The van der Waals surface area contributed by atoms with Crippen molar-refractivity contribution >= 4 is 5.91 Å². The Balaban J connectivity index is 1.58. The topological polar surface area (TPSA) is 38.1 Å². The summed E-state index contributed by atoms with van der Waals surface area (Å²) in [5, 5.41) is 4.61. The summed E-state index contributed by atoms with van der Waals surface area (Å²) in [5.41, 5.74) is 5.90.